The molecule has 0 bridgehead atoms. The summed E-state index contributed by atoms with van der Waals surface area (Å²) in [6.07, 6.45) is 5.33. The fourth-order valence-electron chi connectivity index (χ4n) is 3.95. The second kappa shape index (κ2) is 7.05. The van der Waals surface area contributed by atoms with E-state index >= 15 is 0 Å². The highest BCUT2D eigenvalue weighted by molar-refractivity contribution is 4.92. The van der Waals surface area contributed by atoms with Crippen molar-refractivity contribution in [3.63, 3.8) is 0 Å². The van der Waals surface area contributed by atoms with E-state index in [4.69, 9.17) is 0 Å². The van der Waals surface area contributed by atoms with Gasteiger partial charge < -0.3 is 5.32 Å². The van der Waals surface area contributed by atoms with E-state index in [9.17, 15) is 0 Å². The van der Waals surface area contributed by atoms with Gasteiger partial charge in [0.25, 0.3) is 0 Å². The normalized spacial score (nSPS) is 32.2. The number of nitrogens with one attached hydrogen (secondary N) is 1. The largest absolute Gasteiger partial charge is 0.314 e. The maximum absolute atomic E-state index is 3.63. The molecule has 112 valence electrons. The van der Waals surface area contributed by atoms with E-state index in [1.165, 1.54) is 45.3 Å². The Labute approximate surface area is 119 Å². The molecule has 0 radical (unpaired) electrons. The monoisotopic (exact) mass is 267 g/mol. The highest BCUT2D eigenvalue weighted by Gasteiger charge is 2.36. The number of hydrogen-bond donors (Lipinski definition) is 1. The Morgan fingerprint density at radius 2 is 2.05 bits per heavy atom. The molecular weight excluding hydrogens is 234 g/mol. The molecule has 4 atom stereocenters. The third-order valence-electron chi connectivity index (χ3n) is 4.99. The lowest BCUT2D eigenvalue weighted by atomic mass is 10.0. The Morgan fingerprint density at radius 1 is 1.26 bits per heavy atom. The van der Waals surface area contributed by atoms with Crippen molar-refractivity contribution in [1.29, 1.82) is 0 Å². The van der Waals surface area contributed by atoms with Gasteiger partial charge in [-0.2, -0.15) is 0 Å². The number of fused-ring (bicyclic) bond motifs is 1. The second-order valence-electron chi connectivity index (χ2n) is 6.78. The van der Waals surface area contributed by atoms with Crippen LogP contribution in [0.5, 0.6) is 0 Å². The minimum absolute atomic E-state index is 0.642. The Hall–Kier alpha value is -0.120. The first kappa shape index (κ1) is 15.3. The number of hydrogen-bond acceptors (Lipinski definition) is 3. The molecule has 0 aromatic rings. The van der Waals surface area contributed by atoms with Gasteiger partial charge in [0, 0.05) is 37.3 Å². The predicted molar refractivity (Wildman–Crippen MR) is 82.6 cm³/mol. The predicted octanol–water partition coefficient (Wildman–Crippen LogP) is 2.32. The molecule has 2 heterocycles. The van der Waals surface area contributed by atoms with E-state index in [1.54, 1.807) is 0 Å². The van der Waals surface area contributed by atoms with E-state index < -0.39 is 0 Å². The Bertz CT molecular complexity index is 269. The lowest BCUT2D eigenvalue weighted by Crippen LogP contribution is -2.58. The van der Waals surface area contributed by atoms with E-state index in [0.29, 0.717) is 12.1 Å². The Morgan fingerprint density at radius 3 is 2.79 bits per heavy atom. The van der Waals surface area contributed by atoms with Gasteiger partial charge in [-0.1, -0.05) is 6.92 Å². The third kappa shape index (κ3) is 3.93. The van der Waals surface area contributed by atoms with E-state index in [1.807, 2.05) is 0 Å². The first-order valence-corrected chi connectivity index (χ1v) is 8.35. The van der Waals surface area contributed by atoms with Gasteiger partial charge in [-0.15, -0.1) is 0 Å². The first-order valence-electron chi connectivity index (χ1n) is 8.35. The average Bonchev–Trinajstić information content (AvgIpc) is 2.82. The summed E-state index contributed by atoms with van der Waals surface area (Å²) in [4.78, 5) is 5.48. The lowest BCUT2D eigenvalue weighted by molar-refractivity contribution is 0.0282. The van der Waals surface area contributed by atoms with Crippen LogP contribution in [0.1, 0.15) is 53.4 Å². The minimum atomic E-state index is 0.642. The van der Waals surface area contributed by atoms with Crippen molar-refractivity contribution in [3.05, 3.63) is 0 Å². The van der Waals surface area contributed by atoms with Gasteiger partial charge in [0.2, 0.25) is 0 Å². The molecule has 2 saturated heterocycles. The molecule has 3 nitrogen and oxygen atoms in total. The smallest absolute Gasteiger partial charge is 0.0224 e. The summed E-state index contributed by atoms with van der Waals surface area (Å²) >= 11 is 0. The molecule has 3 heteroatoms. The van der Waals surface area contributed by atoms with Gasteiger partial charge in [0.05, 0.1) is 0 Å². The summed E-state index contributed by atoms with van der Waals surface area (Å²) in [5.74, 6) is 0. The van der Waals surface area contributed by atoms with Crippen LogP contribution in [0.3, 0.4) is 0 Å². The molecule has 0 aliphatic carbocycles. The van der Waals surface area contributed by atoms with Gasteiger partial charge in [0.15, 0.2) is 0 Å². The molecule has 0 aromatic carbocycles. The van der Waals surface area contributed by atoms with Gasteiger partial charge in [-0.3, -0.25) is 9.80 Å². The van der Waals surface area contributed by atoms with Crippen LogP contribution in [0.15, 0.2) is 0 Å². The first-order chi connectivity index (χ1) is 9.11. The topological polar surface area (TPSA) is 18.5 Å². The third-order valence-corrected chi connectivity index (χ3v) is 4.99. The summed E-state index contributed by atoms with van der Waals surface area (Å²) in [6, 6.07) is 2.92. The van der Waals surface area contributed by atoms with Crippen molar-refractivity contribution in [2.45, 2.75) is 77.5 Å². The molecule has 2 rings (SSSR count). The fourth-order valence-corrected chi connectivity index (χ4v) is 3.95. The zero-order valence-electron chi connectivity index (χ0n) is 13.4. The number of rotatable bonds is 6. The molecule has 2 aliphatic rings. The van der Waals surface area contributed by atoms with Gasteiger partial charge in [-0.25, -0.2) is 0 Å². The van der Waals surface area contributed by atoms with E-state index in [0.717, 1.165) is 18.6 Å². The van der Waals surface area contributed by atoms with Crippen molar-refractivity contribution >= 4 is 0 Å². The lowest BCUT2D eigenvalue weighted by Gasteiger charge is -2.45. The van der Waals surface area contributed by atoms with Crippen LogP contribution in [-0.4, -0.2) is 60.1 Å². The van der Waals surface area contributed by atoms with Crippen molar-refractivity contribution < 1.29 is 0 Å². The SMILES string of the molecule is CCCNC(C)CC(C)N1CC2CCCN2CC1C. The van der Waals surface area contributed by atoms with Crippen LogP contribution in [-0.2, 0) is 0 Å². The van der Waals surface area contributed by atoms with Crippen molar-refractivity contribution in [1.82, 2.24) is 15.1 Å². The summed E-state index contributed by atoms with van der Waals surface area (Å²) < 4.78 is 0. The zero-order valence-corrected chi connectivity index (χ0v) is 13.4. The summed E-state index contributed by atoms with van der Waals surface area (Å²) in [7, 11) is 0. The van der Waals surface area contributed by atoms with Crippen LogP contribution in [0.4, 0.5) is 0 Å². The van der Waals surface area contributed by atoms with Crippen molar-refractivity contribution in [2.24, 2.45) is 0 Å². The molecule has 2 aliphatic heterocycles. The molecule has 0 aromatic heterocycles. The van der Waals surface area contributed by atoms with Crippen LogP contribution in [0.2, 0.25) is 0 Å². The van der Waals surface area contributed by atoms with Crippen molar-refractivity contribution in [2.75, 3.05) is 26.2 Å². The van der Waals surface area contributed by atoms with E-state index in [-0.39, 0.29) is 0 Å². The highest BCUT2D eigenvalue weighted by Crippen LogP contribution is 2.26. The van der Waals surface area contributed by atoms with Crippen LogP contribution >= 0.6 is 0 Å². The average molecular weight is 267 g/mol. The molecule has 1 N–H and O–H groups in total. The molecule has 19 heavy (non-hydrogen) atoms. The number of piperazine rings is 1. The van der Waals surface area contributed by atoms with Crippen LogP contribution < -0.4 is 5.32 Å². The van der Waals surface area contributed by atoms with Crippen LogP contribution in [0, 0.1) is 0 Å². The zero-order chi connectivity index (χ0) is 13.8. The molecular formula is C16H33N3. The van der Waals surface area contributed by atoms with Crippen molar-refractivity contribution in [3.8, 4) is 0 Å². The summed E-state index contributed by atoms with van der Waals surface area (Å²) in [5.41, 5.74) is 0. The quantitative estimate of drug-likeness (QED) is 0.797. The summed E-state index contributed by atoms with van der Waals surface area (Å²) in [5, 5.41) is 3.63. The Kier molecular flexibility index (Phi) is 5.67. The highest BCUT2D eigenvalue weighted by atomic mass is 15.3. The molecule has 4 unspecified atom stereocenters. The molecule has 0 saturated carbocycles. The minimum Gasteiger partial charge on any atom is -0.314 e. The van der Waals surface area contributed by atoms with Gasteiger partial charge in [-0.05, 0) is 59.5 Å². The fraction of sp³-hybridized carbons (Fsp3) is 1.00. The Balaban J connectivity index is 1.82. The molecule has 0 spiro atoms. The van der Waals surface area contributed by atoms with Gasteiger partial charge in [0.1, 0.15) is 0 Å². The van der Waals surface area contributed by atoms with Crippen LogP contribution in [0.25, 0.3) is 0 Å². The van der Waals surface area contributed by atoms with Gasteiger partial charge >= 0.3 is 0 Å². The maximum atomic E-state index is 3.63. The molecule has 2 fully saturated rings. The maximum Gasteiger partial charge on any atom is 0.0224 e. The second-order valence-corrected chi connectivity index (χ2v) is 6.78. The standard InChI is InChI=1S/C16H33N3/c1-5-8-17-13(2)10-14(3)19-12-16-7-6-9-18(16)11-15(19)4/h13-17H,5-12H2,1-4H3. The molecule has 0 amide bonds. The summed E-state index contributed by atoms with van der Waals surface area (Å²) in [6.45, 7) is 14.5. The number of nitrogens with zero attached hydrogens (tertiary/aromatic N) is 2. The van der Waals surface area contributed by atoms with E-state index in [2.05, 4.69) is 42.8 Å².